The van der Waals surface area contributed by atoms with Crippen LogP contribution >= 0.6 is 0 Å². The van der Waals surface area contributed by atoms with Crippen LogP contribution in [0.2, 0.25) is 0 Å². The van der Waals surface area contributed by atoms with E-state index in [-0.39, 0.29) is 5.54 Å². The van der Waals surface area contributed by atoms with Crippen molar-refractivity contribution in [2.24, 2.45) is 5.73 Å². The normalized spacial score (nSPS) is 12.5. The zero-order chi connectivity index (χ0) is 13.2. The third kappa shape index (κ3) is 3.55. The summed E-state index contributed by atoms with van der Waals surface area (Å²) in [6.07, 6.45) is 2.46. The highest BCUT2D eigenvalue weighted by atomic mass is 16.3. The summed E-state index contributed by atoms with van der Waals surface area (Å²) in [6, 6.07) is 6.14. The van der Waals surface area contributed by atoms with Crippen molar-refractivity contribution >= 4 is 11.1 Å². The monoisotopic (exact) mass is 247 g/mol. The minimum Gasteiger partial charge on any atom is -0.443 e. The number of nitrogens with zero attached hydrogens (tertiary/aromatic N) is 2. The fourth-order valence-corrected chi connectivity index (χ4v) is 1.87. The molecule has 1 aromatic heterocycles. The van der Waals surface area contributed by atoms with Crippen molar-refractivity contribution < 1.29 is 4.42 Å². The molecular formula is C14H21N3O. The standard InChI is InChI=1S/C14H21N3O/c1-14(2,15)6-7-17(3)9-11-4-5-12-13(8-11)18-10-16-12/h4-5,8,10H,6-7,9,15H2,1-3H3. The van der Waals surface area contributed by atoms with Gasteiger partial charge in [0.2, 0.25) is 0 Å². The Morgan fingerprint density at radius 1 is 1.39 bits per heavy atom. The number of benzene rings is 1. The lowest BCUT2D eigenvalue weighted by molar-refractivity contribution is 0.289. The van der Waals surface area contributed by atoms with Crippen molar-refractivity contribution in [1.29, 1.82) is 0 Å². The van der Waals surface area contributed by atoms with Crippen molar-refractivity contribution in [3.8, 4) is 0 Å². The third-order valence-electron chi connectivity index (χ3n) is 2.99. The van der Waals surface area contributed by atoms with Gasteiger partial charge in [0.05, 0.1) is 0 Å². The van der Waals surface area contributed by atoms with Gasteiger partial charge >= 0.3 is 0 Å². The molecule has 0 saturated heterocycles. The predicted octanol–water partition coefficient (Wildman–Crippen LogP) is 2.39. The van der Waals surface area contributed by atoms with E-state index in [9.17, 15) is 0 Å². The van der Waals surface area contributed by atoms with Crippen molar-refractivity contribution in [3.05, 3.63) is 30.2 Å². The third-order valence-corrected chi connectivity index (χ3v) is 2.99. The molecule has 0 amide bonds. The molecule has 98 valence electrons. The first-order chi connectivity index (χ1) is 8.44. The summed E-state index contributed by atoms with van der Waals surface area (Å²) < 4.78 is 5.30. The molecule has 0 spiro atoms. The Balaban J connectivity index is 1.95. The fraction of sp³-hybridized carbons (Fsp3) is 0.500. The second-order valence-electron chi connectivity index (χ2n) is 5.63. The lowest BCUT2D eigenvalue weighted by atomic mass is 10.0. The molecule has 0 aliphatic heterocycles. The average Bonchev–Trinajstić information content (AvgIpc) is 2.72. The Hall–Kier alpha value is -1.39. The zero-order valence-corrected chi connectivity index (χ0v) is 11.3. The molecule has 2 aromatic rings. The Kier molecular flexibility index (Phi) is 3.68. The van der Waals surface area contributed by atoms with Gasteiger partial charge in [0, 0.05) is 12.1 Å². The minimum atomic E-state index is -0.108. The number of hydrogen-bond acceptors (Lipinski definition) is 4. The molecule has 0 saturated carbocycles. The van der Waals surface area contributed by atoms with Gasteiger partial charge in [0.25, 0.3) is 0 Å². The van der Waals surface area contributed by atoms with Gasteiger partial charge in [-0.1, -0.05) is 6.07 Å². The highest BCUT2D eigenvalue weighted by Gasteiger charge is 2.12. The van der Waals surface area contributed by atoms with Crippen molar-refractivity contribution in [3.63, 3.8) is 0 Å². The molecule has 0 unspecified atom stereocenters. The van der Waals surface area contributed by atoms with Crippen molar-refractivity contribution in [2.45, 2.75) is 32.4 Å². The second kappa shape index (κ2) is 5.08. The topological polar surface area (TPSA) is 55.3 Å². The molecular weight excluding hydrogens is 226 g/mol. The smallest absolute Gasteiger partial charge is 0.181 e. The Bertz CT molecular complexity index is 513. The largest absolute Gasteiger partial charge is 0.443 e. The van der Waals surface area contributed by atoms with Gasteiger partial charge in [-0.15, -0.1) is 0 Å². The van der Waals surface area contributed by atoms with Crippen LogP contribution in [0.25, 0.3) is 11.1 Å². The molecule has 0 aliphatic carbocycles. The van der Waals surface area contributed by atoms with E-state index in [1.165, 1.54) is 12.0 Å². The number of aromatic nitrogens is 1. The molecule has 1 aromatic carbocycles. The lowest BCUT2D eigenvalue weighted by Crippen LogP contribution is -2.36. The van der Waals surface area contributed by atoms with Gasteiger partial charge in [0.15, 0.2) is 12.0 Å². The summed E-state index contributed by atoms with van der Waals surface area (Å²) in [7, 11) is 2.11. The summed E-state index contributed by atoms with van der Waals surface area (Å²) in [5, 5.41) is 0. The maximum atomic E-state index is 5.99. The van der Waals surface area contributed by atoms with Gasteiger partial charge in [-0.05, 0) is 51.6 Å². The maximum absolute atomic E-state index is 5.99. The maximum Gasteiger partial charge on any atom is 0.181 e. The van der Waals surface area contributed by atoms with Gasteiger partial charge in [-0.2, -0.15) is 0 Å². The van der Waals surface area contributed by atoms with E-state index >= 15 is 0 Å². The molecule has 2 N–H and O–H groups in total. The summed E-state index contributed by atoms with van der Waals surface area (Å²) in [5.74, 6) is 0. The van der Waals surface area contributed by atoms with Crippen LogP contribution in [0.1, 0.15) is 25.8 Å². The van der Waals surface area contributed by atoms with Crippen LogP contribution in [0.5, 0.6) is 0 Å². The SMILES string of the molecule is CN(CCC(C)(C)N)Cc1ccc2ncoc2c1. The van der Waals surface area contributed by atoms with Gasteiger partial charge in [-0.3, -0.25) is 0 Å². The summed E-state index contributed by atoms with van der Waals surface area (Å²) in [4.78, 5) is 6.38. The molecule has 4 heteroatoms. The van der Waals surface area contributed by atoms with Crippen LogP contribution < -0.4 is 5.73 Å². The van der Waals surface area contributed by atoms with E-state index in [1.54, 1.807) is 0 Å². The minimum absolute atomic E-state index is 0.108. The molecule has 0 fully saturated rings. The lowest BCUT2D eigenvalue weighted by Gasteiger charge is -2.23. The summed E-state index contributed by atoms with van der Waals surface area (Å²) >= 11 is 0. The van der Waals surface area contributed by atoms with Gasteiger partial charge in [-0.25, -0.2) is 4.98 Å². The molecule has 18 heavy (non-hydrogen) atoms. The number of rotatable bonds is 5. The average molecular weight is 247 g/mol. The molecule has 0 bridgehead atoms. The number of oxazole rings is 1. The number of fused-ring (bicyclic) bond motifs is 1. The first kappa shape index (κ1) is 13.1. The Labute approximate surface area is 108 Å². The highest BCUT2D eigenvalue weighted by Crippen LogP contribution is 2.15. The predicted molar refractivity (Wildman–Crippen MR) is 73.2 cm³/mol. The Morgan fingerprint density at radius 2 is 2.17 bits per heavy atom. The van der Waals surface area contributed by atoms with Crippen LogP contribution in [0.4, 0.5) is 0 Å². The van der Waals surface area contributed by atoms with Crippen LogP contribution in [0.15, 0.2) is 29.0 Å². The van der Waals surface area contributed by atoms with Crippen LogP contribution in [0, 0.1) is 0 Å². The Morgan fingerprint density at radius 3 is 2.89 bits per heavy atom. The van der Waals surface area contributed by atoms with E-state index in [4.69, 9.17) is 10.2 Å². The highest BCUT2D eigenvalue weighted by molar-refractivity contribution is 5.72. The molecule has 0 radical (unpaired) electrons. The quantitative estimate of drug-likeness (QED) is 0.881. The molecule has 4 nitrogen and oxygen atoms in total. The fourth-order valence-electron chi connectivity index (χ4n) is 1.87. The summed E-state index contributed by atoms with van der Waals surface area (Å²) in [6.45, 7) is 5.99. The number of nitrogens with two attached hydrogens (primary N) is 1. The number of hydrogen-bond donors (Lipinski definition) is 1. The second-order valence-corrected chi connectivity index (χ2v) is 5.63. The summed E-state index contributed by atoms with van der Waals surface area (Å²) in [5.41, 5.74) is 8.87. The van der Waals surface area contributed by atoms with E-state index < -0.39 is 0 Å². The molecule has 0 aliphatic rings. The van der Waals surface area contributed by atoms with Crippen LogP contribution in [-0.2, 0) is 6.54 Å². The molecule has 1 heterocycles. The van der Waals surface area contributed by atoms with Crippen LogP contribution in [-0.4, -0.2) is 29.0 Å². The van der Waals surface area contributed by atoms with E-state index in [2.05, 4.69) is 36.8 Å². The van der Waals surface area contributed by atoms with Crippen molar-refractivity contribution in [1.82, 2.24) is 9.88 Å². The molecule has 0 atom stereocenters. The van der Waals surface area contributed by atoms with E-state index in [0.717, 1.165) is 30.6 Å². The zero-order valence-electron chi connectivity index (χ0n) is 11.3. The van der Waals surface area contributed by atoms with Gasteiger partial charge in [0.1, 0.15) is 5.52 Å². The first-order valence-electron chi connectivity index (χ1n) is 6.24. The van der Waals surface area contributed by atoms with E-state index in [0.29, 0.717) is 0 Å². The first-order valence-corrected chi connectivity index (χ1v) is 6.24. The molecule has 2 rings (SSSR count). The van der Waals surface area contributed by atoms with Gasteiger partial charge < -0.3 is 15.1 Å². The van der Waals surface area contributed by atoms with Crippen LogP contribution in [0.3, 0.4) is 0 Å². The van der Waals surface area contributed by atoms with E-state index in [1.807, 2.05) is 12.1 Å². The van der Waals surface area contributed by atoms with Crippen molar-refractivity contribution in [2.75, 3.05) is 13.6 Å².